The van der Waals surface area contributed by atoms with E-state index in [9.17, 15) is 9.59 Å². The second-order valence-corrected chi connectivity index (χ2v) is 10.6. The van der Waals surface area contributed by atoms with Gasteiger partial charge in [-0.2, -0.15) is 0 Å². The van der Waals surface area contributed by atoms with Crippen LogP contribution in [0.25, 0.3) is 0 Å². The molecule has 35 heavy (non-hydrogen) atoms. The zero-order valence-corrected chi connectivity index (χ0v) is 22.2. The van der Waals surface area contributed by atoms with Crippen molar-refractivity contribution in [1.82, 2.24) is 9.80 Å². The van der Waals surface area contributed by atoms with E-state index in [2.05, 4.69) is 4.90 Å². The lowest BCUT2D eigenvalue weighted by Gasteiger charge is -2.27. The second kappa shape index (κ2) is 11.1. The third kappa shape index (κ3) is 5.55. The van der Waals surface area contributed by atoms with E-state index in [1.807, 2.05) is 44.4 Å². The Labute approximate surface area is 216 Å². The number of hydrogen-bond acceptors (Lipinski definition) is 6. The first-order valence-electron chi connectivity index (χ1n) is 11.8. The van der Waals surface area contributed by atoms with Crippen molar-refractivity contribution in [2.45, 2.75) is 42.5 Å². The topological polar surface area (TPSA) is 62.3 Å². The Balaban J connectivity index is 1.48. The van der Waals surface area contributed by atoms with Crippen molar-refractivity contribution in [1.29, 1.82) is 0 Å². The zero-order chi connectivity index (χ0) is 25.1. The van der Waals surface area contributed by atoms with Crippen molar-refractivity contribution >= 4 is 40.9 Å². The molecule has 2 aliphatic rings. The predicted octanol–water partition coefficient (Wildman–Crippen LogP) is 4.83. The number of fused-ring (bicyclic) bond motifs is 1. The van der Waals surface area contributed by atoms with Crippen molar-refractivity contribution in [3.8, 4) is 11.5 Å². The number of methoxy groups -OCH3 is 1. The maximum Gasteiger partial charge on any atom is 0.239 e. The number of amides is 2. The Hall–Kier alpha value is -2.42. The lowest BCUT2D eigenvalue weighted by atomic mass is 10.1. The van der Waals surface area contributed by atoms with Crippen LogP contribution in [-0.4, -0.2) is 68.6 Å². The van der Waals surface area contributed by atoms with Gasteiger partial charge in [-0.25, -0.2) is 0 Å². The largest absolute Gasteiger partial charge is 0.497 e. The van der Waals surface area contributed by atoms with Gasteiger partial charge in [0.25, 0.3) is 0 Å². The molecule has 0 bridgehead atoms. The number of anilines is 1. The number of carbonyl (C=O) groups is 2. The summed E-state index contributed by atoms with van der Waals surface area (Å²) in [6, 6.07) is 11.2. The molecule has 0 spiro atoms. The number of carbonyl (C=O) groups excluding carboxylic acids is 2. The fraction of sp³-hybridized carbons (Fsp3) is 0.462. The molecule has 0 aliphatic carbocycles. The second-order valence-electron chi connectivity index (χ2n) is 9.00. The highest BCUT2D eigenvalue weighted by atomic mass is 35.5. The number of likely N-dealkylation sites (N-methyl/N-ethyl adjacent to an activating group) is 1. The van der Waals surface area contributed by atoms with Gasteiger partial charge in [0.1, 0.15) is 16.9 Å². The van der Waals surface area contributed by atoms with Crippen molar-refractivity contribution in [2.75, 3.05) is 45.8 Å². The van der Waals surface area contributed by atoms with Crippen LogP contribution in [0.2, 0.25) is 5.02 Å². The molecule has 2 atom stereocenters. The Morgan fingerprint density at radius 2 is 2.00 bits per heavy atom. The van der Waals surface area contributed by atoms with E-state index in [4.69, 9.17) is 21.1 Å². The average molecular weight is 518 g/mol. The maximum atomic E-state index is 12.7. The molecule has 2 aromatic carbocycles. The van der Waals surface area contributed by atoms with E-state index in [-0.39, 0.29) is 23.2 Å². The quantitative estimate of drug-likeness (QED) is 0.467. The van der Waals surface area contributed by atoms with E-state index in [0.717, 1.165) is 54.2 Å². The van der Waals surface area contributed by atoms with E-state index < -0.39 is 0 Å². The third-order valence-electron chi connectivity index (χ3n) is 6.41. The number of ether oxygens (including phenoxy) is 2. The van der Waals surface area contributed by atoms with Gasteiger partial charge in [-0.05, 0) is 62.2 Å². The Morgan fingerprint density at radius 1 is 1.20 bits per heavy atom. The molecule has 2 heterocycles. The Morgan fingerprint density at radius 3 is 2.71 bits per heavy atom. The molecule has 0 saturated carbocycles. The van der Waals surface area contributed by atoms with Gasteiger partial charge in [0.2, 0.25) is 11.8 Å². The first kappa shape index (κ1) is 25.7. The van der Waals surface area contributed by atoms with Gasteiger partial charge >= 0.3 is 0 Å². The Bertz CT molecular complexity index is 1100. The Kier molecular flexibility index (Phi) is 8.14. The summed E-state index contributed by atoms with van der Waals surface area (Å²) in [5.41, 5.74) is 1.72. The van der Waals surface area contributed by atoms with Gasteiger partial charge in [-0.3, -0.25) is 19.4 Å². The fourth-order valence-electron chi connectivity index (χ4n) is 4.72. The number of thioether (sulfide) groups is 1. The van der Waals surface area contributed by atoms with Crippen LogP contribution >= 0.6 is 23.4 Å². The summed E-state index contributed by atoms with van der Waals surface area (Å²) in [5.74, 6) is 1.54. The summed E-state index contributed by atoms with van der Waals surface area (Å²) in [6.45, 7) is 3.82. The summed E-state index contributed by atoms with van der Waals surface area (Å²) in [4.78, 5) is 31.8. The van der Waals surface area contributed by atoms with Gasteiger partial charge in [0.05, 0.1) is 25.4 Å². The number of halogens is 1. The minimum atomic E-state index is -0.285. The number of nitrogens with zero attached hydrogens (tertiary/aromatic N) is 3. The molecule has 2 aliphatic heterocycles. The minimum absolute atomic E-state index is 0.0362. The van der Waals surface area contributed by atoms with Crippen molar-refractivity contribution in [2.24, 2.45) is 0 Å². The third-order valence-corrected chi connectivity index (χ3v) is 7.92. The van der Waals surface area contributed by atoms with Gasteiger partial charge in [0, 0.05) is 43.0 Å². The van der Waals surface area contributed by atoms with Crippen LogP contribution in [0, 0.1) is 0 Å². The summed E-state index contributed by atoms with van der Waals surface area (Å²) < 4.78 is 11.7. The molecule has 1 unspecified atom stereocenters. The molecule has 2 amide bonds. The summed E-state index contributed by atoms with van der Waals surface area (Å²) in [6.07, 6.45) is 2.75. The van der Waals surface area contributed by atoms with Crippen LogP contribution < -0.4 is 14.4 Å². The van der Waals surface area contributed by atoms with Crippen LogP contribution in [0.4, 0.5) is 5.69 Å². The maximum absolute atomic E-state index is 12.7. The number of hydrogen-bond donors (Lipinski definition) is 0. The van der Waals surface area contributed by atoms with Crippen LogP contribution in [0.5, 0.6) is 11.5 Å². The molecule has 1 fully saturated rings. The van der Waals surface area contributed by atoms with Gasteiger partial charge in [-0.15, -0.1) is 0 Å². The molecule has 188 valence electrons. The molecule has 0 aromatic heterocycles. The van der Waals surface area contributed by atoms with Crippen LogP contribution in [0.3, 0.4) is 0 Å². The van der Waals surface area contributed by atoms with Crippen LogP contribution in [0.15, 0.2) is 41.3 Å². The highest BCUT2D eigenvalue weighted by Crippen LogP contribution is 2.54. The zero-order valence-electron chi connectivity index (χ0n) is 20.6. The van der Waals surface area contributed by atoms with Crippen LogP contribution in [0.1, 0.15) is 37.1 Å². The number of rotatable bonds is 8. The van der Waals surface area contributed by atoms with Crippen LogP contribution in [-0.2, 0) is 9.59 Å². The normalized spacial score (nSPS) is 19.5. The minimum Gasteiger partial charge on any atom is -0.497 e. The summed E-state index contributed by atoms with van der Waals surface area (Å²) in [7, 11) is 5.25. The highest BCUT2D eigenvalue weighted by molar-refractivity contribution is 8.00. The summed E-state index contributed by atoms with van der Waals surface area (Å²) in [5, 5.41) is 0.349. The van der Waals surface area contributed by atoms with E-state index in [1.165, 1.54) is 0 Å². The molecule has 2 aromatic rings. The van der Waals surface area contributed by atoms with Gasteiger partial charge in [0.15, 0.2) is 0 Å². The fourth-order valence-corrected chi connectivity index (χ4v) is 6.36. The predicted molar refractivity (Wildman–Crippen MR) is 140 cm³/mol. The molecular formula is C26H32ClN3O4S. The van der Waals surface area contributed by atoms with E-state index in [1.54, 1.807) is 41.7 Å². The average Bonchev–Trinajstić information content (AvgIpc) is 3.45. The van der Waals surface area contributed by atoms with E-state index in [0.29, 0.717) is 17.4 Å². The first-order valence-corrected chi connectivity index (χ1v) is 13.1. The molecule has 9 heteroatoms. The monoisotopic (exact) mass is 517 g/mol. The SMILES string of the molecule is COc1ccc(OCCCN2CCC[C@H]2C(=O)N(C)C)c(C2Sc3cc(Cl)ccc3N2C(C)=O)c1. The molecule has 1 saturated heterocycles. The van der Waals surface area contributed by atoms with Crippen molar-refractivity contribution < 1.29 is 19.1 Å². The standard InChI is InChI=1S/C26H32ClN3O4S/c1-17(31)30-21-10-8-18(27)15-24(21)35-26(30)20-16-19(33-4)9-11-23(20)34-14-6-13-29-12-5-7-22(29)25(32)28(2)3/h8-11,15-16,22,26H,5-7,12-14H2,1-4H3/t22-,26?/m0/s1. The van der Waals surface area contributed by atoms with Gasteiger partial charge < -0.3 is 14.4 Å². The van der Waals surface area contributed by atoms with Gasteiger partial charge in [-0.1, -0.05) is 23.4 Å². The highest BCUT2D eigenvalue weighted by Gasteiger charge is 2.36. The lowest BCUT2D eigenvalue weighted by Crippen LogP contribution is -2.43. The first-order chi connectivity index (χ1) is 16.8. The molecule has 4 rings (SSSR count). The molecule has 0 radical (unpaired) electrons. The van der Waals surface area contributed by atoms with Crippen molar-refractivity contribution in [3.63, 3.8) is 0 Å². The van der Waals surface area contributed by atoms with Crippen molar-refractivity contribution in [3.05, 3.63) is 47.0 Å². The molecule has 7 nitrogen and oxygen atoms in total. The number of likely N-dealkylation sites (tertiary alicyclic amines) is 1. The number of benzene rings is 2. The van der Waals surface area contributed by atoms with E-state index >= 15 is 0 Å². The molecule has 0 N–H and O–H groups in total. The lowest BCUT2D eigenvalue weighted by molar-refractivity contribution is -0.133. The summed E-state index contributed by atoms with van der Waals surface area (Å²) >= 11 is 7.79. The smallest absolute Gasteiger partial charge is 0.239 e. The molecular weight excluding hydrogens is 486 g/mol.